The highest BCUT2D eigenvalue weighted by Crippen LogP contribution is 2.06. The van der Waals surface area contributed by atoms with Gasteiger partial charge in [0.05, 0.1) is 4.99 Å². The maximum atomic E-state index is 10.8. The first-order valence-corrected chi connectivity index (χ1v) is 5.35. The molecule has 0 saturated heterocycles. The predicted octanol–water partition coefficient (Wildman–Crippen LogP) is 2.35. The Labute approximate surface area is 90.9 Å². The number of carboxylic acid groups (broad SMARTS) is 1. The summed E-state index contributed by atoms with van der Waals surface area (Å²) in [4.78, 5) is 11.4. The monoisotopic (exact) mass is 217 g/mol. The topological polar surface area (TPSA) is 49.3 Å². The smallest absolute Gasteiger partial charge is 0.328 e. The molecular weight excluding hydrogens is 198 g/mol. The van der Waals surface area contributed by atoms with Crippen molar-refractivity contribution in [2.45, 2.75) is 52.0 Å². The van der Waals surface area contributed by atoms with Crippen molar-refractivity contribution in [1.29, 1.82) is 0 Å². The standard InChI is InChI=1S/C10H19NO2S/c1-4-5-6-7-8(14)11-10(2,3)9(12)13/h4-7H2,1-3H3,(H,11,14)(H,12,13). The van der Waals surface area contributed by atoms with Crippen molar-refractivity contribution in [3.8, 4) is 0 Å². The van der Waals surface area contributed by atoms with Gasteiger partial charge < -0.3 is 10.4 Å². The van der Waals surface area contributed by atoms with E-state index in [1.54, 1.807) is 13.8 Å². The summed E-state index contributed by atoms with van der Waals surface area (Å²) < 4.78 is 0. The van der Waals surface area contributed by atoms with Crippen molar-refractivity contribution >= 4 is 23.2 Å². The number of carbonyl (C=O) groups is 1. The van der Waals surface area contributed by atoms with Crippen LogP contribution in [0.2, 0.25) is 0 Å². The van der Waals surface area contributed by atoms with Crippen LogP contribution >= 0.6 is 12.2 Å². The van der Waals surface area contributed by atoms with E-state index in [1.807, 2.05) is 0 Å². The fourth-order valence-corrected chi connectivity index (χ4v) is 1.40. The van der Waals surface area contributed by atoms with Crippen molar-refractivity contribution in [3.63, 3.8) is 0 Å². The Balaban J connectivity index is 3.88. The molecule has 0 atom stereocenters. The van der Waals surface area contributed by atoms with E-state index in [0.717, 1.165) is 25.7 Å². The third kappa shape index (κ3) is 5.17. The van der Waals surface area contributed by atoms with E-state index in [4.69, 9.17) is 17.3 Å². The van der Waals surface area contributed by atoms with Gasteiger partial charge in [-0.1, -0.05) is 32.0 Å². The van der Waals surface area contributed by atoms with Gasteiger partial charge in [0.15, 0.2) is 0 Å². The Bertz CT molecular complexity index is 214. The molecule has 0 fully saturated rings. The van der Waals surface area contributed by atoms with Crippen LogP contribution in [0.25, 0.3) is 0 Å². The van der Waals surface area contributed by atoms with E-state index in [2.05, 4.69) is 12.2 Å². The zero-order chi connectivity index (χ0) is 11.2. The average molecular weight is 217 g/mol. The molecule has 0 heterocycles. The quantitative estimate of drug-likeness (QED) is 0.529. The number of rotatable bonds is 6. The lowest BCUT2D eigenvalue weighted by molar-refractivity contribution is -0.142. The molecule has 0 radical (unpaired) electrons. The number of hydrogen-bond acceptors (Lipinski definition) is 2. The molecule has 0 aliphatic heterocycles. The molecule has 2 N–H and O–H groups in total. The van der Waals surface area contributed by atoms with Gasteiger partial charge in [0.2, 0.25) is 0 Å². The minimum atomic E-state index is -0.955. The highest BCUT2D eigenvalue weighted by molar-refractivity contribution is 7.80. The van der Waals surface area contributed by atoms with E-state index in [1.165, 1.54) is 0 Å². The maximum absolute atomic E-state index is 10.8. The summed E-state index contributed by atoms with van der Waals surface area (Å²) in [6, 6.07) is 0. The number of carboxylic acids is 1. The molecule has 0 unspecified atom stereocenters. The van der Waals surface area contributed by atoms with Crippen LogP contribution < -0.4 is 5.32 Å². The van der Waals surface area contributed by atoms with Crippen LogP contribution in [0.5, 0.6) is 0 Å². The van der Waals surface area contributed by atoms with Crippen LogP contribution in [-0.4, -0.2) is 21.6 Å². The van der Waals surface area contributed by atoms with Crippen LogP contribution in [0.15, 0.2) is 0 Å². The van der Waals surface area contributed by atoms with Crippen molar-refractivity contribution in [3.05, 3.63) is 0 Å². The van der Waals surface area contributed by atoms with Crippen molar-refractivity contribution < 1.29 is 9.90 Å². The third-order valence-corrected chi connectivity index (χ3v) is 2.30. The lowest BCUT2D eigenvalue weighted by Crippen LogP contribution is -2.49. The Morgan fingerprint density at radius 1 is 1.43 bits per heavy atom. The number of nitrogens with one attached hydrogen (secondary N) is 1. The molecule has 0 bridgehead atoms. The summed E-state index contributed by atoms with van der Waals surface area (Å²) in [7, 11) is 0. The third-order valence-electron chi connectivity index (χ3n) is 1.99. The van der Waals surface area contributed by atoms with Crippen LogP contribution in [0.3, 0.4) is 0 Å². The molecule has 0 amide bonds. The Morgan fingerprint density at radius 3 is 2.43 bits per heavy atom. The summed E-state index contributed by atoms with van der Waals surface area (Å²) in [6.45, 7) is 5.35. The van der Waals surface area contributed by atoms with Gasteiger partial charge in [-0.2, -0.15) is 0 Å². The SMILES string of the molecule is CCCCCC(=S)NC(C)(C)C(=O)O. The molecular formula is C10H19NO2S. The van der Waals surface area contributed by atoms with Gasteiger partial charge >= 0.3 is 5.97 Å². The molecule has 4 heteroatoms. The Kier molecular flexibility index (Phi) is 5.69. The second kappa shape index (κ2) is 5.96. The molecule has 0 spiro atoms. The average Bonchev–Trinajstić information content (AvgIpc) is 2.03. The van der Waals surface area contributed by atoms with Gasteiger partial charge in [-0.05, 0) is 26.7 Å². The van der Waals surface area contributed by atoms with E-state index < -0.39 is 11.5 Å². The first kappa shape index (κ1) is 13.4. The molecule has 0 aliphatic carbocycles. The molecule has 0 aromatic rings. The Morgan fingerprint density at radius 2 is 2.00 bits per heavy atom. The molecule has 3 nitrogen and oxygen atoms in total. The molecule has 82 valence electrons. The van der Waals surface area contributed by atoms with Crippen molar-refractivity contribution in [2.75, 3.05) is 0 Å². The number of thiocarbonyl (C=S) groups is 1. The fraction of sp³-hybridized carbons (Fsp3) is 0.800. The van der Waals surface area contributed by atoms with Crippen molar-refractivity contribution in [1.82, 2.24) is 5.32 Å². The summed E-state index contributed by atoms with van der Waals surface area (Å²) in [5, 5.41) is 11.7. The Hall–Kier alpha value is -0.640. The van der Waals surface area contributed by atoms with E-state index in [0.29, 0.717) is 4.99 Å². The number of hydrogen-bond donors (Lipinski definition) is 2. The van der Waals surface area contributed by atoms with Gasteiger partial charge in [-0.25, -0.2) is 4.79 Å². The van der Waals surface area contributed by atoms with Crippen LogP contribution in [0.1, 0.15) is 46.5 Å². The summed E-state index contributed by atoms with van der Waals surface area (Å²) >= 11 is 5.06. The first-order valence-electron chi connectivity index (χ1n) is 4.94. The van der Waals surface area contributed by atoms with Crippen LogP contribution in [-0.2, 0) is 4.79 Å². The van der Waals surface area contributed by atoms with Crippen LogP contribution in [0.4, 0.5) is 0 Å². The molecule has 0 aromatic carbocycles. The molecule has 0 rings (SSSR count). The van der Waals surface area contributed by atoms with Gasteiger partial charge in [0.1, 0.15) is 5.54 Å². The number of aliphatic carboxylic acids is 1. The highest BCUT2D eigenvalue weighted by atomic mass is 32.1. The lowest BCUT2D eigenvalue weighted by atomic mass is 10.1. The van der Waals surface area contributed by atoms with Gasteiger partial charge in [0, 0.05) is 0 Å². The van der Waals surface area contributed by atoms with Gasteiger partial charge in [-0.3, -0.25) is 0 Å². The normalized spacial score (nSPS) is 11.1. The minimum absolute atomic E-state index is 0.644. The first-order chi connectivity index (χ1) is 6.40. The minimum Gasteiger partial charge on any atom is -0.480 e. The number of unbranched alkanes of at least 4 members (excludes halogenated alkanes) is 2. The second-order valence-corrected chi connectivity index (χ2v) is 4.43. The van der Waals surface area contributed by atoms with Crippen LogP contribution in [0, 0.1) is 0 Å². The maximum Gasteiger partial charge on any atom is 0.328 e. The van der Waals surface area contributed by atoms with Gasteiger partial charge in [-0.15, -0.1) is 0 Å². The predicted molar refractivity (Wildman–Crippen MR) is 61.6 cm³/mol. The van der Waals surface area contributed by atoms with Crippen molar-refractivity contribution in [2.24, 2.45) is 0 Å². The molecule has 14 heavy (non-hydrogen) atoms. The summed E-state index contributed by atoms with van der Waals surface area (Å²) in [5.41, 5.74) is -0.955. The van der Waals surface area contributed by atoms with E-state index in [-0.39, 0.29) is 0 Å². The summed E-state index contributed by atoms with van der Waals surface area (Å²) in [5.74, 6) is -0.879. The van der Waals surface area contributed by atoms with Gasteiger partial charge in [0.25, 0.3) is 0 Å². The molecule has 0 aromatic heterocycles. The lowest BCUT2D eigenvalue weighted by Gasteiger charge is -2.22. The molecule has 0 saturated carbocycles. The molecule has 0 aliphatic rings. The summed E-state index contributed by atoms with van der Waals surface area (Å²) in [6.07, 6.45) is 4.08. The second-order valence-electron chi connectivity index (χ2n) is 3.94. The zero-order valence-electron chi connectivity index (χ0n) is 9.09. The highest BCUT2D eigenvalue weighted by Gasteiger charge is 2.27. The largest absolute Gasteiger partial charge is 0.480 e. The van der Waals surface area contributed by atoms with E-state index in [9.17, 15) is 4.79 Å². The fourth-order valence-electron chi connectivity index (χ4n) is 1.00. The van der Waals surface area contributed by atoms with E-state index >= 15 is 0 Å². The zero-order valence-corrected chi connectivity index (χ0v) is 9.91.